The van der Waals surface area contributed by atoms with Gasteiger partial charge in [-0.05, 0) is 12.1 Å². The Hall–Kier alpha value is -1.91. The smallest absolute Gasteiger partial charge is 0.368 e. The molecule has 1 heterocycles. The van der Waals surface area contributed by atoms with E-state index in [9.17, 15) is 4.79 Å². The molecule has 5 heteroatoms. The predicted octanol–water partition coefficient (Wildman–Crippen LogP) is -0.776. The lowest BCUT2D eigenvalue weighted by Crippen LogP contribution is -2.26. The molecule has 0 radical (unpaired) electrons. The van der Waals surface area contributed by atoms with E-state index in [0.717, 1.165) is 0 Å². The summed E-state index contributed by atoms with van der Waals surface area (Å²) in [5, 5.41) is 0.881. The van der Waals surface area contributed by atoms with Gasteiger partial charge < -0.3 is 11.5 Å². The number of benzene rings is 1. The highest BCUT2D eigenvalue weighted by atomic mass is 16.2. The van der Waals surface area contributed by atoms with Gasteiger partial charge in [-0.3, -0.25) is 0 Å². The third-order valence-electron chi connectivity index (χ3n) is 1.65. The zero-order chi connectivity index (χ0) is 8.72. The van der Waals surface area contributed by atoms with Crippen LogP contribution < -0.4 is 22.2 Å². The minimum Gasteiger partial charge on any atom is -0.397 e. The van der Waals surface area contributed by atoms with Crippen LogP contribution in [0.5, 0.6) is 0 Å². The summed E-state index contributed by atoms with van der Waals surface area (Å²) in [7, 11) is 0. The Labute approximate surface area is 67.4 Å². The SMILES string of the molecule is Nc1ccc2c(c1N)=NC(=O)N=2. The average Bonchev–Trinajstić information content (AvgIpc) is 2.39. The Morgan fingerprint density at radius 2 is 1.92 bits per heavy atom. The number of urea groups is 1. The number of hydrogen-bond acceptors (Lipinski definition) is 3. The van der Waals surface area contributed by atoms with Crippen LogP contribution in [-0.2, 0) is 0 Å². The topological polar surface area (TPSA) is 93.8 Å². The number of amides is 2. The lowest BCUT2D eigenvalue weighted by Gasteiger charge is -1.95. The quantitative estimate of drug-likeness (QED) is 0.490. The second kappa shape index (κ2) is 2.04. The van der Waals surface area contributed by atoms with Gasteiger partial charge in [0.05, 0.1) is 16.7 Å². The molecule has 2 rings (SSSR count). The van der Waals surface area contributed by atoms with Crippen molar-refractivity contribution in [1.82, 2.24) is 0 Å². The number of carbonyl (C=O) groups excluding carboxylic acids is 1. The maximum atomic E-state index is 10.7. The minimum absolute atomic E-state index is 0.321. The van der Waals surface area contributed by atoms with Gasteiger partial charge in [-0.25, -0.2) is 4.79 Å². The van der Waals surface area contributed by atoms with E-state index in [0.29, 0.717) is 22.1 Å². The highest BCUT2D eigenvalue weighted by Crippen LogP contribution is 2.05. The summed E-state index contributed by atoms with van der Waals surface area (Å²) < 4.78 is 0. The predicted molar refractivity (Wildman–Crippen MR) is 43.0 cm³/mol. The van der Waals surface area contributed by atoms with E-state index >= 15 is 0 Å². The van der Waals surface area contributed by atoms with Crippen LogP contribution in [0.4, 0.5) is 16.2 Å². The van der Waals surface area contributed by atoms with Crippen LogP contribution in [-0.4, -0.2) is 6.03 Å². The molecule has 60 valence electrons. The van der Waals surface area contributed by atoms with Crippen molar-refractivity contribution < 1.29 is 4.79 Å². The molecule has 1 aromatic rings. The molecule has 12 heavy (non-hydrogen) atoms. The van der Waals surface area contributed by atoms with E-state index in [2.05, 4.69) is 9.98 Å². The first kappa shape index (κ1) is 6.78. The number of hydrogen-bond donors (Lipinski definition) is 2. The molecule has 5 nitrogen and oxygen atoms in total. The zero-order valence-corrected chi connectivity index (χ0v) is 6.11. The van der Waals surface area contributed by atoms with Crippen molar-refractivity contribution in [3.63, 3.8) is 0 Å². The number of anilines is 2. The van der Waals surface area contributed by atoms with Crippen molar-refractivity contribution in [2.75, 3.05) is 11.5 Å². The molecule has 4 N–H and O–H groups in total. The van der Waals surface area contributed by atoms with Crippen molar-refractivity contribution in [3.05, 3.63) is 22.8 Å². The lowest BCUT2D eigenvalue weighted by molar-refractivity contribution is 0.256. The lowest BCUT2D eigenvalue weighted by atomic mass is 10.2. The van der Waals surface area contributed by atoms with Gasteiger partial charge in [0.1, 0.15) is 5.36 Å². The summed E-state index contributed by atoms with van der Waals surface area (Å²) in [6, 6.07) is 2.70. The van der Waals surface area contributed by atoms with Gasteiger partial charge in [0.25, 0.3) is 0 Å². The Morgan fingerprint density at radius 3 is 2.67 bits per heavy atom. The van der Waals surface area contributed by atoms with Crippen molar-refractivity contribution >= 4 is 17.4 Å². The first-order chi connectivity index (χ1) is 5.68. The van der Waals surface area contributed by atoms with Crippen LogP contribution in [0.25, 0.3) is 0 Å². The number of nitrogens with zero attached hydrogens (tertiary/aromatic N) is 2. The van der Waals surface area contributed by atoms with Crippen LogP contribution in [0.1, 0.15) is 0 Å². The molecule has 1 aromatic carbocycles. The van der Waals surface area contributed by atoms with Crippen molar-refractivity contribution in [2.45, 2.75) is 0 Å². The molecular formula is C7H6N4O. The molecule has 0 unspecified atom stereocenters. The van der Waals surface area contributed by atoms with Crippen LogP contribution in [0, 0.1) is 0 Å². The highest BCUT2D eigenvalue weighted by molar-refractivity contribution is 5.79. The molecule has 0 saturated heterocycles. The van der Waals surface area contributed by atoms with E-state index in [1.54, 1.807) is 12.1 Å². The molecule has 2 amide bonds. The minimum atomic E-state index is -0.526. The summed E-state index contributed by atoms with van der Waals surface area (Å²) >= 11 is 0. The fourth-order valence-electron chi connectivity index (χ4n) is 1.04. The van der Waals surface area contributed by atoms with Gasteiger partial charge in [-0.15, -0.1) is 0 Å². The first-order valence-electron chi connectivity index (χ1n) is 3.34. The fourth-order valence-corrected chi connectivity index (χ4v) is 1.04. The maximum absolute atomic E-state index is 10.7. The van der Waals surface area contributed by atoms with Crippen molar-refractivity contribution in [2.24, 2.45) is 9.98 Å². The molecular weight excluding hydrogens is 156 g/mol. The molecule has 0 bridgehead atoms. The molecule has 1 aliphatic heterocycles. The Balaban J connectivity index is 2.96. The van der Waals surface area contributed by atoms with E-state index < -0.39 is 6.03 Å². The summed E-state index contributed by atoms with van der Waals surface area (Å²) in [4.78, 5) is 17.9. The molecule has 0 atom stereocenters. The van der Waals surface area contributed by atoms with Gasteiger partial charge in [-0.1, -0.05) is 0 Å². The van der Waals surface area contributed by atoms with Gasteiger partial charge >= 0.3 is 6.03 Å². The first-order valence-corrected chi connectivity index (χ1v) is 3.34. The summed E-state index contributed by atoms with van der Waals surface area (Å²) in [5.74, 6) is 0. The average molecular weight is 162 g/mol. The van der Waals surface area contributed by atoms with Crippen LogP contribution in [0.3, 0.4) is 0 Å². The number of rotatable bonds is 0. The van der Waals surface area contributed by atoms with Gasteiger partial charge in [0.15, 0.2) is 0 Å². The normalized spacial score (nSPS) is 13.5. The molecule has 0 aliphatic carbocycles. The number of nitrogen functional groups attached to an aromatic ring is 2. The van der Waals surface area contributed by atoms with Gasteiger partial charge in [0.2, 0.25) is 0 Å². The number of fused-ring (bicyclic) bond motifs is 1. The van der Waals surface area contributed by atoms with Crippen LogP contribution in [0.15, 0.2) is 22.1 Å². The van der Waals surface area contributed by atoms with Crippen molar-refractivity contribution in [1.29, 1.82) is 0 Å². The highest BCUT2D eigenvalue weighted by Gasteiger charge is 2.08. The molecule has 0 aromatic heterocycles. The van der Waals surface area contributed by atoms with E-state index in [1.807, 2.05) is 0 Å². The van der Waals surface area contributed by atoms with Crippen molar-refractivity contribution in [3.8, 4) is 0 Å². The molecule has 0 spiro atoms. The standard InChI is InChI=1S/C7H6N4O/c8-3-1-2-4-6(5(3)9)11-7(12)10-4/h1-2H,8-9H2. The Morgan fingerprint density at radius 1 is 1.17 bits per heavy atom. The largest absolute Gasteiger partial charge is 0.397 e. The molecule has 1 aliphatic rings. The second-order valence-electron chi connectivity index (χ2n) is 2.44. The molecule has 0 fully saturated rings. The number of nitrogens with two attached hydrogens (primary N) is 2. The summed E-state index contributed by atoms with van der Waals surface area (Å²) in [6.45, 7) is 0. The van der Waals surface area contributed by atoms with Crippen LogP contribution in [0.2, 0.25) is 0 Å². The van der Waals surface area contributed by atoms with E-state index in [1.165, 1.54) is 0 Å². The monoisotopic (exact) mass is 162 g/mol. The van der Waals surface area contributed by atoms with Gasteiger partial charge in [-0.2, -0.15) is 9.98 Å². The Kier molecular flexibility index (Phi) is 1.15. The maximum Gasteiger partial charge on any atom is 0.368 e. The summed E-state index contributed by atoms with van der Waals surface area (Å²) in [6.07, 6.45) is 0. The van der Waals surface area contributed by atoms with Gasteiger partial charge in [0, 0.05) is 0 Å². The third kappa shape index (κ3) is 0.763. The van der Waals surface area contributed by atoms with E-state index in [-0.39, 0.29) is 0 Å². The summed E-state index contributed by atoms with van der Waals surface area (Å²) in [5.41, 5.74) is 11.8. The third-order valence-corrected chi connectivity index (χ3v) is 1.65. The number of carbonyl (C=O) groups is 1. The van der Waals surface area contributed by atoms with E-state index in [4.69, 9.17) is 11.5 Å². The van der Waals surface area contributed by atoms with Crippen LogP contribution >= 0.6 is 0 Å². The molecule has 0 saturated carbocycles. The fraction of sp³-hybridized carbons (Fsp3) is 0. The zero-order valence-electron chi connectivity index (χ0n) is 6.11. The Bertz CT molecular complexity index is 477. The second-order valence-corrected chi connectivity index (χ2v) is 2.44.